The van der Waals surface area contributed by atoms with Gasteiger partial charge in [0.25, 0.3) is 0 Å². The highest BCUT2D eigenvalue weighted by atomic mass is 16.3. The maximum atomic E-state index is 8.92. The van der Waals surface area contributed by atoms with Crippen LogP contribution in [0.4, 0.5) is 0 Å². The summed E-state index contributed by atoms with van der Waals surface area (Å²) >= 11 is 0. The van der Waals surface area contributed by atoms with Crippen molar-refractivity contribution in [2.24, 2.45) is 23.2 Å². The third kappa shape index (κ3) is 1.02. The van der Waals surface area contributed by atoms with Crippen LogP contribution in [0.2, 0.25) is 0 Å². The third-order valence-electron chi connectivity index (χ3n) is 4.50. The minimum Gasteiger partial charge on any atom is -0.396 e. The number of fused-ring (bicyclic) bond motifs is 2. The van der Waals surface area contributed by atoms with Crippen molar-refractivity contribution in [1.29, 1.82) is 0 Å². The van der Waals surface area contributed by atoms with Crippen LogP contribution in [0, 0.1) is 23.2 Å². The van der Waals surface area contributed by atoms with E-state index in [1.807, 2.05) is 0 Å². The number of hydrogen-bond donors (Lipinski definition) is 1. The standard InChI is InChI=1S/C11H20O/c1-11(2)9-4-3-8(5-6-12)10(11)7-9/h8-10,12H,3-7H2,1-2H3/t8?,9-,10+/m0/s1. The highest BCUT2D eigenvalue weighted by Gasteiger charge is 2.53. The molecular formula is C11H20O. The van der Waals surface area contributed by atoms with Crippen molar-refractivity contribution in [3.63, 3.8) is 0 Å². The summed E-state index contributed by atoms with van der Waals surface area (Å²) in [7, 11) is 0. The second kappa shape index (κ2) is 2.73. The van der Waals surface area contributed by atoms with Crippen LogP contribution in [-0.2, 0) is 0 Å². The number of aliphatic hydroxyl groups excluding tert-OH is 1. The summed E-state index contributed by atoms with van der Waals surface area (Å²) in [5.74, 6) is 2.75. The maximum absolute atomic E-state index is 8.92. The molecular weight excluding hydrogens is 148 g/mol. The monoisotopic (exact) mass is 168 g/mol. The Labute approximate surface area is 75.2 Å². The molecule has 0 amide bonds. The van der Waals surface area contributed by atoms with Crippen LogP contribution in [-0.4, -0.2) is 11.7 Å². The average Bonchev–Trinajstić information content (AvgIpc) is 2.05. The first kappa shape index (κ1) is 8.55. The summed E-state index contributed by atoms with van der Waals surface area (Å²) in [6, 6.07) is 0. The van der Waals surface area contributed by atoms with E-state index in [0.29, 0.717) is 12.0 Å². The Kier molecular flexibility index (Phi) is 1.95. The number of aliphatic hydroxyl groups is 1. The van der Waals surface area contributed by atoms with Crippen molar-refractivity contribution in [3.05, 3.63) is 0 Å². The molecule has 0 saturated heterocycles. The van der Waals surface area contributed by atoms with Gasteiger partial charge < -0.3 is 5.11 Å². The molecule has 0 aromatic carbocycles. The maximum Gasteiger partial charge on any atom is 0.0433 e. The lowest BCUT2D eigenvalue weighted by atomic mass is 9.45. The van der Waals surface area contributed by atoms with E-state index in [4.69, 9.17) is 5.11 Å². The van der Waals surface area contributed by atoms with E-state index in [1.165, 1.54) is 19.3 Å². The number of rotatable bonds is 2. The molecule has 3 atom stereocenters. The third-order valence-corrected chi connectivity index (χ3v) is 4.50. The van der Waals surface area contributed by atoms with Gasteiger partial charge in [-0.05, 0) is 48.9 Å². The lowest BCUT2D eigenvalue weighted by molar-refractivity contribution is -0.109. The highest BCUT2D eigenvalue weighted by Crippen LogP contribution is 2.61. The Bertz CT molecular complexity index is 170. The molecule has 0 radical (unpaired) electrons. The van der Waals surface area contributed by atoms with Gasteiger partial charge in [-0.25, -0.2) is 0 Å². The SMILES string of the molecule is CC1(C)[C@H]2CCC(CCO)[C@H]1C2. The van der Waals surface area contributed by atoms with E-state index in [1.54, 1.807) is 0 Å². The number of hydrogen-bond acceptors (Lipinski definition) is 1. The largest absolute Gasteiger partial charge is 0.396 e. The Morgan fingerprint density at radius 3 is 2.58 bits per heavy atom. The smallest absolute Gasteiger partial charge is 0.0433 e. The lowest BCUT2D eigenvalue weighted by Gasteiger charge is -2.60. The minimum absolute atomic E-state index is 0.391. The van der Waals surface area contributed by atoms with Gasteiger partial charge >= 0.3 is 0 Å². The van der Waals surface area contributed by atoms with Gasteiger partial charge in [0.1, 0.15) is 0 Å². The molecule has 0 aliphatic heterocycles. The van der Waals surface area contributed by atoms with Crippen molar-refractivity contribution < 1.29 is 5.11 Å². The van der Waals surface area contributed by atoms with Gasteiger partial charge in [-0.1, -0.05) is 13.8 Å². The molecule has 3 rings (SSSR count). The van der Waals surface area contributed by atoms with Gasteiger partial charge in [0.05, 0.1) is 0 Å². The summed E-state index contributed by atoms with van der Waals surface area (Å²) in [6.45, 7) is 5.21. The van der Waals surface area contributed by atoms with Gasteiger partial charge in [-0.3, -0.25) is 0 Å². The quantitative estimate of drug-likeness (QED) is 0.671. The minimum atomic E-state index is 0.391. The van der Waals surface area contributed by atoms with E-state index in [2.05, 4.69) is 13.8 Å². The second-order valence-corrected chi connectivity index (χ2v) is 5.21. The molecule has 0 heterocycles. The molecule has 12 heavy (non-hydrogen) atoms. The molecule has 0 spiro atoms. The van der Waals surface area contributed by atoms with Crippen molar-refractivity contribution >= 4 is 0 Å². The van der Waals surface area contributed by atoms with E-state index in [0.717, 1.165) is 24.2 Å². The molecule has 1 N–H and O–H groups in total. The fourth-order valence-electron chi connectivity index (χ4n) is 3.47. The van der Waals surface area contributed by atoms with Gasteiger partial charge in [-0.2, -0.15) is 0 Å². The van der Waals surface area contributed by atoms with Crippen LogP contribution >= 0.6 is 0 Å². The fraction of sp³-hybridized carbons (Fsp3) is 1.00. The molecule has 3 fully saturated rings. The second-order valence-electron chi connectivity index (χ2n) is 5.21. The predicted molar refractivity (Wildman–Crippen MR) is 49.8 cm³/mol. The van der Waals surface area contributed by atoms with Gasteiger partial charge in [0.15, 0.2) is 0 Å². The molecule has 2 bridgehead atoms. The van der Waals surface area contributed by atoms with Crippen LogP contribution in [0.15, 0.2) is 0 Å². The van der Waals surface area contributed by atoms with Crippen molar-refractivity contribution in [1.82, 2.24) is 0 Å². The van der Waals surface area contributed by atoms with Crippen LogP contribution in [0.1, 0.15) is 39.5 Å². The Morgan fingerprint density at radius 1 is 1.33 bits per heavy atom. The Morgan fingerprint density at radius 2 is 2.08 bits per heavy atom. The Hall–Kier alpha value is -0.0400. The fourth-order valence-corrected chi connectivity index (χ4v) is 3.47. The van der Waals surface area contributed by atoms with E-state index in [-0.39, 0.29) is 0 Å². The first-order valence-corrected chi connectivity index (χ1v) is 5.27. The molecule has 1 nitrogen and oxygen atoms in total. The van der Waals surface area contributed by atoms with E-state index in [9.17, 15) is 0 Å². The molecule has 70 valence electrons. The molecule has 3 saturated carbocycles. The highest BCUT2D eigenvalue weighted by molar-refractivity contribution is 5.02. The van der Waals surface area contributed by atoms with Crippen LogP contribution in [0.3, 0.4) is 0 Å². The topological polar surface area (TPSA) is 20.2 Å². The van der Waals surface area contributed by atoms with Crippen molar-refractivity contribution in [2.45, 2.75) is 39.5 Å². The summed E-state index contributed by atoms with van der Waals surface area (Å²) < 4.78 is 0. The molecule has 1 unspecified atom stereocenters. The summed E-state index contributed by atoms with van der Waals surface area (Å²) in [4.78, 5) is 0. The van der Waals surface area contributed by atoms with Crippen molar-refractivity contribution in [3.8, 4) is 0 Å². The first-order chi connectivity index (χ1) is 5.66. The summed E-state index contributed by atoms with van der Waals surface area (Å²) in [5, 5.41) is 8.92. The first-order valence-electron chi connectivity index (χ1n) is 5.27. The molecule has 3 aliphatic rings. The zero-order valence-corrected chi connectivity index (χ0v) is 8.21. The lowest BCUT2D eigenvalue weighted by Crippen LogP contribution is -2.52. The van der Waals surface area contributed by atoms with E-state index < -0.39 is 0 Å². The van der Waals surface area contributed by atoms with Crippen LogP contribution in [0.25, 0.3) is 0 Å². The van der Waals surface area contributed by atoms with Crippen molar-refractivity contribution in [2.75, 3.05) is 6.61 Å². The van der Waals surface area contributed by atoms with Crippen LogP contribution < -0.4 is 0 Å². The van der Waals surface area contributed by atoms with E-state index >= 15 is 0 Å². The average molecular weight is 168 g/mol. The summed E-state index contributed by atoms with van der Waals surface area (Å²) in [5.41, 5.74) is 0.595. The zero-order valence-electron chi connectivity index (χ0n) is 8.21. The Balaban J connectivity index is 2.01. The molecule has 0 aromatic rings. The summed E-state index contributed by atoms with van der Waals surface area (Å²) in [6.07, 6.45) is 5.27. The molecule has 1 heteroatoms. The predicted octanol–water partition coefficient (Wildman–Crippen LogP) is 2.44. The molecule has 3 aliphatic carbocycles. The molecule has 0 aromatic heterocycles. The van der Waals surface area contributed by atoms with Gasteiger partial charge in [0.2, 0.25) is 0 Å². The van der Waals surface area contributed by atoms with Gasteiger partial charge in [-0.15, -0.1) is 0 Å². The normalized spacial score (nSPS) is 43.8. The van der Waals surface area contributed by atoms with Gasteiger partial charge in [0, 0.05) is 6.61 Å². The van der Waals surface area contributed by atoms with Crippen LogP contribution in [0.5, 0.6) is 0 Å². The zero-order chi connectivity index (χ0) is 8.77.